The van der Waals surface area contributed by atoms with Crippen molar-refractivity contribution < 1.29 is 4.79 Å². The fraction of sp³-hybridized carbons (Fsp3) is 0.391. The lowest BCUT2D eigenvalue weighted by Crippen LogP contribution is -2.38. The highest BCUT2D eigenvalue weighted by Crippen LogP contribution is 2.12. The van der Waals surface area contributed by atoms with Crippen LogP contribution in [0, 0.1) is 0 Å². The largest absolute Gasteiger partial charge is 0.357 e. The molecule has 0 aliphatic carbocycles. The maximum absolute atomic E-state index is 12.4. The lowest BCUT2D eigenvalue weighted by Gasteiger charge is -2.19. The second kappa shape index (κ2) is 13.2. The Hall–Kier alpha value is -2.09. The number of hydrogen-bond acceptors (Lipinski definition) is 2. The highest BCUT2D eigenvalue weighted by molar-refractivity contribution is 14.0. The SMILES string of the molecule is CCNC(=NCc1ccc(C(=O)N(CC)CC)cc1)NC(C)c1ccccc1.I. The standard InChI is InChI=1S/C23H32N4O.HI/c1-5-24-23(26-18(4)20-11-9-8-10-12-20)25-17-19-13-15-21(16-14-19)22(28)27(6-2)7-3;/h8-16,18H,5-7,17H2,1-4H3,(H2,24,25,26);1H. The molecule has 2 rings (SSSR count). The molecule has 6 heteroatoms. The van der Waals surface area contributed by atoms with E-state index in [2.05, 4.69) is 36.6 Å². The third kappa shape index (κ3) is 7.68. The molecule has 0 saturated carbocycles. The molecule has 1 unspecified atom stereocenters. The van der Waals surface area contributed by atoms with Crippen molar-refractivity contribution in [3.63, 3.8) is 0 Å². The maximum Gasteiger partial charge on any atom is 0.253 e. The van der Waals surface area contributed by atoms with Crippen LogP contribution in [0.15, 0.2) is 59.6 Å². The van der Waals surface area contributed by atoms with Gasteiger partial charge in [-0.05, 0) is 51.0 Å². The van der Waals surface area contributed by atoms with Crippen molar-refractivity contribution in [1.82, 2.24) is 15.5 Å². The number of hydrogen-bond donors (Lipinski definition) is 2. The van der Waals surface area contributed by atoms with Gasteiger partial charge in [-0.25, -0.2) is 4.99 Å². The summed E-state index contributed by atoms with van der Waals surface area (Å²) in [6.45, 7) is 11.0. The third-order valence-corrected chi connectivity index (χ3v) is 4.67. The van der Waals surface area contributed by atoms with Crippen LogP contribution in [0.3, 0.4) is 0 Å². The highest BCUT2D eigenvalue weighted by atomic mass is 127. The Labute approximate surface area is 192 Å². The van der Waals surface area contributed by atoms with Crippen molar-refractivity contribution >= 4 is 35.8 Å². The summed E-state index contributed by atoms with van der Waals surface area (Å²) in [5, 5.41) is 6.73. The molecule has 0 fully saturated rings. The number of aliphatic imine (C=N–C) groups is 1. The topological polar surface area (TPSA) is 56.7 Å². The quantitative estimate of drug-likeness (QED) is 0.311. The minimum atomic E-state index is 0. The summed E-state index contributed by atoms with van der Waals surface area (Å²) in [5.74, 6) is 0.855. The van der Waals surface area contributed by atoms with Gasteiger partial charge >= 0.3 is 0 Å². The van der Waals surface area contributed by atoms with Crippen LogP contribution < -0.4 is 10.6 Å². The monoisotopic (exact) mass is 508 g/mol. The molecule has 2 aromatic carbocycles. The van der Waals surface area contributed by atoms with Crippen LogP contribution in [0.5, 0.6) is 0 Å². The van der Waals surface area contributed by atoms with Crippen molar-refractivity contribution in [1.29, 1.82) is 0 Å². The molecule has 0 aromatic heterocycles. The molecular weight excluding hydrogens is 475 g/mol. The van der Waals surface area contributed by atoms with Gasteiger partial charge < -0.3 is 15.5 Å². The molecule has 0 aliphatic rings. The van der Waals surface area contributed by atoms with E-state index in [0.717, 1.165) is 36.7 Å². The smallest absolute Gasteiger partial charge is 0.253 e. The Kier molecular flexibility index (Phi) is 11.3. The van der Waals surface area contributed by atoms with Crippen molar-refractivity contribution in [3.8, 4) is 0 Å². The van der Waals surface area contributed by atoms with E-state index in [-0.39, 0.29) is 35.9 Å². The lowest BCUT2D eigenvalue weighted by molar-refractivity contribution is 0.0773. The van der Waals surface area contributed by atoms with Crippen molar-refractivity contribution in [2.75, 3.05) is 19.6 Å². The van der Waals surface area contributed by atoms with E-state index in [1.807, 2.05) is 61.2 Å². The van der Waals surface area contributed by atoms with Crippen LogP contribution in [0.2, 0.25) is 0 Å². The highest BCUT2D eigenvalue weighted by Gasteiger charge is 2.12. The van der Waals surface area contributed by atoms with Crippen molar-refractivity contribution in [3.05, 3.63) is 71.3 Å². The number of benzene rings is 2. The summed E-state index contributed by atoms with van der Waals surface area (Å²) in [7, 11) is 0. The van der Waals surface area contributed by atoms with Gasteiger partial charge in [0.25, 0.3) is 5.91 Å². The number of amides is 1. The number of guanidine groups is 1. The predicted molar refractivity (Wildman–Crippen MR) is 132 cm³/mol. The van der Waals surface area contributed by atoms with Gasteiger partial charge in [0.15, 0.2) is 5.96 Å². The molecule has 0 saturated heterocycles. The van der Waals surface area contributed by atoms with Gasteiger partial charge in [-0.3, -0.25) is 4.79 Å². The Morgan fingerprint density at radius 3 is 2.17 bits per heavy atom. The molecule has 0 spiro atoms. The zero-order chi connectivity index (χ0) is 20.4. The van der Waals surface area contributed by atoms with Gasteiger partial charge in [-0.2, -0.15) is 0 Å². The summed E-state index contributed by atoms with van der Waals surface area (Å²) >= 11 is 0. The first-order chi connectivity index (χ1) is 13.6. The Morgan fingerprint density at radius 1 is 1.00 bits per heavy atom. The van der Waals surface area contributed by atoms with Crippen molar-refractivity contribution in [2.45, 2.75) is 40.3 Å². The van der Waals surface area contributed by atoms with Gasteiger partial charge in [-0.15, -0.1) is 24.0 Å². The minimum absolute atomic E-state index is 0. The molecular formula is C23H33IN4O. The Morgan fingerprint density at radius 2 is 1.62 bits per heavy atom. The summed E-state index contributed by atoms with van der Waals surface area (Å²) < 4.78 is 0. The van der Waals surface area contributed by atoms with Crippen LogP contribution in [0.25, 0.3) is 0 Å². The van der Waals surface area contributed by atoms with E-state index < -0.39 is 0 Å². The lowest BCUT2D eigenvalue weighted by atomic mass is 10.1. The van der Waals surface area contributed by atoms with E-state index in [0.29, 0.717) is 6.54 Å². The molecule has 0 radical (unpaired) electrons. The molecule has 158 valence electrons. The predicted octanol–water partition coefficient (Wildman–Crippen LogP) is 4.60. The normalized spacial score (nSPS) is 11.9. The van der Waals surface area contributed by atoms with Gasteiger partial charge in [0.1, 0.15) is 0 Å². The van der Waals surface area contributed by atoms with E-state index in [1.54, 1.807) is 0 Å². The summed E-state index contributed by atoms with van der Waals surface area (Å²) in [5.41, 5.74) is 3.01. The van der Waals surface area contributed by atoms with E-state index in [1.165, 1.54) is 5.56 Å². The van der Waals surface area contributed by atoms with Gasteiger partial charge in [0, 0.05) is 25.2 Å². The molecule has 1 atom stereocenters. The van der Waals surface area contributed by atoms with E-state index >= 15 is 0 Å². The summed E-state index contributed by atoms with van der Waals surface area (Å²) in [4.78, 5) is 18.9. The number of rotatable bonds is 8. The first kappa shape index (κ1) is 24.9. The Balaban J connectivity index is 0.00000420. The summed E-state index contributed by atoms with van der Waals surface area (Å²) in [6.07, 6.45) is 0. The van der Waals surface area contributed by atoms with Crippen molar-refractivity contribution in [2.24, 2.45) is 4.99 Å². The molecule has 29 heavy (non-hydrogen) atoms. The molecule has 1 amide bonds. The van der Waals surface area contributed by atoms with Crippen LogP contribution in [0.4, 0.5) is 0 Å². The van der Waals surface area contributed by atoms with Gasteiger partial charge in [-0.1, -0.05) is 42.5 Å². The second-order valence-electron chi connectivity index (χ2n) is 6.65. The van der Waals surface area contributed by atoms with E-state index in [9.17, 15) is 4.79 Å². The number of carbonyl (C=O) groups excluding carboxylic acids is 1. The van der Waals surface area contributed by atoms with Crippen LogP contribution in [-0.4, -0.2) is 36.4 Å². The molecule has 5 nitrogen and oxygen atoms in total. The number of nitrogens with zero attached hydrogens (tertiary/aromatic N) is 2. The number of halogens is 1. The zero-order valence-electron chi connectivity index (χ0n) is 17.8. The molecule has 2 N–H and O–H groups in total. The molecule has 0 bridgehead atoms. The first-order valence-corrected chi connectivity index (χ1v) is 10.1. The molecule has 0 heterocycles. The average molecular weight is 508 g/mol. The average Bonchev–Trinajstić information content (AvgIpc) is 2.74. The maximum atomic E-state index is 12.4. The van der Waals surface area contributed by atoms with E-state index in [4.69, 9.17) is 4.99 Å². The number of carbonyl (C=O) groups is 1. The van der Waals surface area contributed by atoms with Gasteiger partial charge in [0.05, 0.1) is 12.6 Å². The fourth-order valence-corrected chi connectivity index (χ4v) is 2.97. The van der Waals surface area contributed by atoms with Crippen LogP contribution in [-0.2, 0) is 6.54 Å². The first-order valence-electron chi connectivity index (χ1n) is 10.1. The van der Waals surface area contributed by atoms with Crippen LogP contribution in [0.1, 0.15) is 55.2 Å². The molecule has 0 aliphatic heterocycles. The second-order valence-corrected chi connectivity index (χ2v) is 6.65. The molecule has 2 aromatic rings. The Bertz CT molecular complexity index is 758. The summed E-state index contributed by atoms with van der Waals surface area (Å²) in [6, 6.07) is 18.2. The third-order valence-electron chi connectivity index (χ3n) is 4.67. The zero-order valence-corrected chi connectivity index (χ0v) is 20.1. The minimum Gasteiger partial charge on any atom is -0.357 e. The number of nitrogens with one attached hydrogen (secondary N) is 2. The van der Waals surface area contributed by atoms with Gasteiger partial charge in [0.2, 0.25) is 0 Å². The fourth-order valence-electron chi connectivity index (χ4n) is 2.97. The van der Waals surface area contributed by atoms with Crippen LogP contribution >= 0.6 is 24.0 Å².